The minimum atomic E-state index is -0.532. The predicted molar refractivity (Wildman–Crippen MR) is 78.2 cm³/mol. The minimum absolute atomic E-state index is 0.0168. The first-order valence-electron chi connectivity index (χ1n) is 7.33. The van der Waals surface area contributed by atoms with Gasteiger partial charge in [-0.3, -0.25) is 4.79 Å². The molecule has 5 nitrogen and oxygen atoms in total. The number of ether oxygens (including phenoxy) is 1. The summed E-state index contributed by atoms with van der Waals surface area (Å²) in [5.74, 6) is 0.0168. The lowest BCUT2D eigenvalue weighted by Gasteiger charge is -2.32. The Balaban J connectivity index is 2.26. The van der Waals surface area contributed by atoms with Crippen molar-refractivity contribution >= 4 is 5.91 Å². The lowest BCUT2D eigenvalue weighted by atomic mass is 10.1. The highest BCUT2D eigenvalue weighted by Gasteiger charge is 2.31. The maximum absolute atomic E-state index is 12.6. The van der Waals surface area contributed by atoms with Crippen LogP contribution < -0.4 is 5.73 Å². The van der Waals surface area contributed by atoms with Gasteiger partial charge in [0.15, 0.2) is 0 Å². The Morgan fingerprint density at radius 1 is 1.50 bits per heavy atom. The van der Waals surface area contributed by atoms with Gasteiger partial charge in [0.05, 0.1) is 6.04 Å². The van der Waals surface area contributed by atoms with E-state index in [2.05, 4.69) is 10.6 Å². The van der Waals surface area contributed by atoms with Gasteiger partial charge in [-0.1, -0.05) is 12.8 Å². The van der Waals surface area contributed by atoms with Gasteiger partial charge in [-0.15, -0.1) is 0 Å². The standard InChI is InChI=1S/C15H25N3O2/c1-17-9-6-8-12(17)13-7-4-3-5-10-18(13)15(19)14(11-16)20-2/h6,8-9,13-14H,3-5,7,10-11,16H2,1-2H3. The number of nitrogens with zero attached hydrogens (tertiary/aromatic N) is 2. The van der Waals surface area contributed by atoms with E-state index in [0.717, 1.165) is 25.8 Å². The van der Waals surface area contributed by atoms with Crippen molar-refractivity contribution in [2.24, 2.45) is 12.8 Å². The van der Waals surface area contributed by atoms with Crippen LogP contribution in [-0.2, 0) is 16.6 Å². The van der Waals surface area contributed by atoms with E-state index in [1.807, 2.05) is 24.2 Å². The number of aryl methyl sites for hydroxylation is 1. The Hall–Kier alpha value is -1.33. The van der Waals surface area contributed by atoms with E-state index < -0.39 is 6.10 Å². The van der Waals surface area contributed by atoms with Crippen molar-refractivity contribution in [2.75, 3.05) is 20.2 Å². The maximum atomic E-state index is 12.6. The van der Waals surface area contributed by atoms with Crippen molar-refractivity contribution in [1.82, 2.24) is 9.47 Å². The van der Waals surface area contributed by atoms with Crippen LogP contribution in [0.1, 0.15) is 37.4 Å². The third-order valence-corrected chi connectivity index (χ3v) is 4.14. The van der Waals surface area contributed by atoms with Crippen LogP contribution in [0.4, 0.5) is 0 Å². The molecule has 1 amide bonds. The average molecular weight is 279 g/mol. The van der Waals surface area contributed by atoms with Crippen molar-refractivity contribution in [1.29, 1.82) is 0 Å². The molecule has 2 heterocycles. The van der Waals surface area contributed by atoms with Crippen molar-refractivity contribution in [3.05, 3.63) is 24.0 Å². The number of amides is 1. The fraction of sp³-hybridized carbons (Fsp3) is 0.667. The molecule has 2 rings (SSSR count). The van der Waals surface area contributed by atoms with Crippen LogP contribution in [0, 0.1) is 0 Å². The van der Waals surface area contributed by atoms with Crippen LogP contribution >= 0.6 is 0 Å². The van der Waals surface area contributed by atoms with Gasteiger partial charge in [-0.2, -0.15) is 0 Å². The quantitative estimate of drug-likeness (QED) is 0.907. The highest BCUT2D eigenvalue weighted by molar-refractivity contribution is 5.81. The van der Waals surface area contributed by atoms with Crippen LogP contribution in [-0.4, -0.2) is 41.7 Å². The summed E-state index contributed by atoms with van der Waals surface area (Å²) in [5.41, 5.74) is 6.83. The van der Waals surface area contributed by atoms with Gasteiger partial charge >= 0.3 is 0 Å². The lowest BCUT2D eigenvalue weighted by molar-refractivity contribution is -0.144. The van der Waals surface area contributed by atoms with E-state index in [-0.39, 0.29) is 18.5 Å². The van der Waals surface area contributed by atoms with E-state index in [1.165, 1.54) is 12.1 Å². The van der Waals surface area contributed by atoms with E-state index >= 15 is 0 Å². The molecule has 0 radical (unpaired) electrons. The number of aromatic nitrogens is 1. The zero-order valence-corrected chi connectivity index (χ0v) is 12.4. The van der Waals surface area contributed by atoms with Gasteiger partial charge in [0.2, 0.25) is 0 Å². The zero-order valence-electron chi connectivity index (χ0n) is 12.4. The van der Waals surface area contributed by atoms with Gasteiger partial charge in [-0.05, 0) is 25.0 Å². The van der Waals surface area contributed by atoms with Crippen molar-refractivity contribution in [3.63, 3.8) is 0 Å². The van der Waals surface area contributed by atoms with Gasteiger partial charge in [0.25, 0.3) is 5.91 Å². The second-order valence-electron chi connectivity index (χ2n) is 5.40. The van der Waals surface area contributed by atoms with Crippen LogP contribution in [0.15, 0.2) is 18.3 Å². The third kappa shape index (κ3) is 3.04. The molecule has 1 fully saturated rings. The van der Waals surface area contributed by atoms with Crippen LogP contribution in [0.2, 0.25) is 0 Å². The minimum Gasteiger partial charge on any atom is -0.370 e. The first kappa shape index (κ1) is 15.1. The molecule has 0 aliphatic carbocycles. The van der Waals surface area contributed by atoms with Gasteiger partial charge in [0, 0.05) is 39.1 Å². The summed E-state index contributed by atoms with van der Waals surface area (Å²) >= 11 is 0. The van der Waals surface area contributed by atoms with E-state index in [9.17, 15) is 4.79 Å². The highest BCUT2D eigenvalue weighted by Crippen LogP contribution is 2.30. The molecule has 1 saturated heterocycles. The molecule has 5 heteroatoms. The Morgan fingerprint density at radius 3 is 2.90 bits per heavy atom. The van der Waals surface area contributed by atoms with Crippen LogP contribution in [0.5, 0.6) is 0 Å². The fourth-order valence-corrected chi connectivity index (χ4v) is 2.98. The molecule has 0 saturated carbocycles. The molecule has 0 bridgehead atoms. The Kier molecular flexibility index (Phi) is 5.20. The summed E-state index contributed by atoms with van der Waals surface area (Å²) in [6.45, 7) is 1.01. The zero-order chi connectivity index (χ0) is 14.5. The second kappa shape index (κ2) is 6.90. The monoisotopic (exact) mass is 279 g/mol. The molecule has 0 aromatic carbocycles. The highest BCUT2D eigenvalue weighted by atomic mass is 16.5. The fourth-order valence-electron chi connectivity index (χ4n) is 2.98. The molecule has 112 valence electrons. The number of hydrogen-bond donors (Lipinski definition) is 1. The van der Waals surface area contributed by atoms with E-state index in [4.69, 9.17) is 10.5 Å². The molecule has 2 N–H and O–H groups in total. The number of carbonyl (C=O) groups excluding carboxylic acids is 1. The summed E-state index contributed by atoms with van der Waals surface area (Å²) in [6, 6.07) is 4.26. The number of nitrogens with two attached hydrogens (primary N) is 1. The Bertz CT molecular complexity index is 440. The number of rotatable bonds is 4. The molecule has 1 aromatic heterocycles. The molecule has 20 heavy (non-hydrogen) atoms. The lowest BCUT2D eigenvalue weighted by Crippen LogP contribution is -2.45. The van der Waals surface area contributed by atoms with Crippen molar-refractivity contribution < 1.29 is 9.53 Å². The topological polar surface area (TPSA) is 60.5 Å². The molecule has 2 unspecified atom stereocenters. The number of methoxy groups -OCH3 is 1. The first-order chi connectivity index (χ1) is 9.69. The molecule has 1 aromatic rings. The molecule has 2 atom stereocenters. The summed E-state index contributed by atoms with van der Waals surface area (Å²) < 4.78 is 7.33. The predicted octanol–water partition coefficient (Wildman–Crippen LogP) is 1.44. The Labute approximate surface area is 120 Å². The SMILES string of the molecule is COC(CN)C(=O)N1CCCCCC1c1cccn1C. The molecule has 1 aliphatic heterocycles. The largest absolute Gasteiger partial charge is 0.370 e. The summed E-state index contributed by atoms with van der Waals surface area (Å²) in [5, 5.41) is 0. The number of carbonyl (C=O) groups is 1. The normalized spacial score (nSPS) is 21.6. The molecular weight excluding hydrogens is 254 g/mol. The van der Waals surface area contributed by atoms with Crippen LogP contribution in [0.3, 0.4) is 0 Å². The first-order valence-corrected chi connectivity index (χ1v) is 7.33. The maximum Gasteiger partial charge on any atom is 0.253 e. The van der Waals surface area contributed by atoms with Gasteiger partial charge in [-0.25, -0.2) is 0 Å². The smallest absolute Gasteiger partial charge is 0.253 e. The number of hydrogen-bond acceptors (Lipinski definition) is 3. The third-order valence-electron chi connectivity index (χ3n) is 4.14. The van der Waals surface area contributed by atoms with Crippen LogP contribution in [0.25, 0.3) is 0 Å². The number of likely N-dealkylation sites (tertiary alicyclic amines) is 1. The van der Waals surface area contributed by atoms with Gasteiger partial charge in [0.1, 0.15) is 6.10 Å². The van der Waals surface area contributed by atoms with Crippen molar-refractivity contribution in [2.45, 2.75) is 37.8 Å². The molecule has 0 spiro atoms. The molecule has 1 aliphatic rings. The summed E-state index contributed by atoms with van der Waals surface area (Å²) in [7, 11) is 3.57. The summed E-state index contributed by atoms with van der Waals surface area (Å²) in [4.78, 5) is 14.6. The van der Waals surface area contributed by atoms with Crippen molar-refractivity contribution in [3.8, 4) is 0 Å². The van der Waals surface area contributed by atoms with E-state index in [0.29, 0.717) is 0 Å². The average Bonchev–Trinajstić information content (AvgIpc) is 2.74. The molecular formula is C15H25N3O2. The van der Waals surface area contributed by atoms with Gasteiger partial charge < -0.3 is 19.9 Å². The summed E-state index contributed by atoms with van der Waals surface area (Å²) in [6.07, 6.45) is 5.87. The second-order valence-corrected chi connectivity index (χ2v) is 5.40. The van der Waals surface area contributed by atoms with E-state index in [1.54, 1.807) is 7.11 Å². The Morgan fingerprint density at radius 2 is 2.30 bits per heavy atom.